The van der Waals surface area contributed by atoms with Gasteiger partial charge in [0.2, 0.25) is 0 Å². The standard InChI is InChI=1S/C8H4F4O3/c9-4-2-6(15-8(11)12)5(10)1-3(4)7(13)14/h1-2,8H,(H,13,14). The number of carbonyl (C=O) groups is 1. The van der Waals surface area contributed by atoms with Gasteiger partial charge in [0.25, 0.3) is 0 Å². The highest BCUT2D eigenvalue weighted by atomic mass is 19.3. The Morgan fingerprint density at radius 1 is 1.27 bits per heavy atom. The van der Waals surface area contributed by atoms with Crippen molar-refractivity contribution in [2.24, 2.45) is 0 Å². The summed E-state index contributed by atoms with van der Waals surface area (Å²) < 4.78 is 52.7. The quantitative estimate of drug-likeness (QED) is 0.801. The number of halogens is 4. The summed E-state index contributed by atoms with van der Waals surface area (Å²) in [6.45, 7) is -3.31. The van der Waals surface area contributed by atoms with Gasteiger partial charge in [-0.05, 0) is 6.07 Å². The molecular weight excluding hydrogens is 220 g/mol. The second kappa shape index (κ2) is 4.16. The number of rotatable bonds is 3. The Kier molecular flexibility index (Phi) is 3.13. The molecule has 1 N–H and O–H groups in total. The molecule has 15 heavy (non-hydrogen) atoms. The van der Waals surface area contributed by atoms with Crippen LogP contribution in [0, 0.1) is 11.6 Å². The Labute approximate surface area is 80.9 Å². The van der Waals surface area contributed by atoms with Crippen LogP contribution in [0.5, 0.6) is 5.75 Å². The van der Waals surface area contributed by atoms with E-state index in [9.17, 15) is 22.4 Å². The van der Waals surface area contributed by atoms with Crippen LogP contribution in [0.15, 0.2) is 12.1 Å². The molecule has 0 amide bonds. The first kappa shape index (κ1) is 11.3. The SMILES string of the molecule is O=C(O)c1cc(F)c(OC(F)F)cc1F. The summed E-state index contributed by atoms with van der Waals surface area (Å²) in [6.07, 6.45) is 0. The predicted molar refractivity (Wildman–Crippen MR) is 39.9 cm³/mol. The Morgan fingerprint density at radius 3 is 2.33 bits per heavy atom. The van der Waals surface area contributed by atoms with Crippen LogP contribution < -0.4 is 4.74 Å². The number of carboxylic acid groups (broad SMARTS) is 1. The summed E-state index contributed by atoms with van der Waals surface area (Å²) in [7, 11) is 0. The predicted octanol–water partition coefficient (Wildman–Crippen LogP) is 2.26. The molecule has 0 unspecified atom stereocenters. The Balaban J connectivity index is 3.13. The van der Waals surface area contributed by atoms with Crippen molar-refractivity contribution in [3.05, 3.63) is 29.3 Å². The smallest absolute Gasteiger partial charge is 0.387 e. The normalized spacial score (nSPS) is 10.5. The lowest BCUT2D eigenvalue weighted by atomic mass is 10.2. The summed E-state index contributed by atoms with van der Waals surface area (Å²) >= 11 is 0. The minimum Gasteiger partial charge on any atom is -0.478 e. The Hall–Kier alpha value is -1.79. The van der Waals surface area contributed by atoms with Crippen molar-refractivity contribution in [2.75, 3.05) is 0 Å². The zero-order chi connectivity index (χ0) is 11.6. The summed E-state index contributed by atoms with van der Waals surface area (Å²) in [6, 6.07) is 0.528. The molecule has 0 bridgehead atoms. The highest BCUT2D eigenvalue weighted by molar-refractivity contribution is 5.88. The molecule has 0 fully saturated rings. The molecule has 82 valence electrons. The number of benzene rings is 1. The molecule has 0 aliphatic rings. The van der Waals surface area contributed by atoms with Gasteiger partial charge in [0, 0.05) is 6.07 Å². The first-order valence-corrected chi connectivity index (χ1v) is 3.59. The third kappa shape index (κ3) is 2.58. The van der Waals surface area contributed by atoms with Crippen LogP contribution in [-0.2, 0) is 0 Å². The molecule has 0 saturated heterocycles. The van der Waals surface area contributed by atoms with Gasteiger partial charge in [0.15, 0.2) is 11.6 Å². The fourth-order valence-electron chi connectivity index (χ4n) is 0.879. The van der Waals surface area contributed by atoms with E-state index in [1.165, 1.54) is 0 Å². The molecule has 0 aliphatic carbocycles. The summed E-state index contributed by atoms with van der Waals surface area (Å²) in [5, 5.41) is 8.37. The average Bonchev–Trinajstić information content (AvgIpc) is 2.09. The molecular formula is C8H4F4O3. The van der Waals surface area contributed by atoms with Crippen LogP contribution in [0.3, 0.4) is 0 Å². The van der Waals surface area contributed by atoms with E-state index in [1.807, 2.05) is 0 Å². The largest absolute Gasteiger partial charge is 0.478 e. The fraction of sp³-hybridized carbons (Fsp3) is 0.125. The molecule has 0 aromatic heterocycles. The van der Waals surface area contributed by atoms with Crippen LogP contribution in [0.2, 0.25) is 0 Å². The highest BCUT2D eigenvalue weighted by Crippen LogP contribution is 2.23. The van der Waals surface area contributed by atoms with Crippen LogP contribution in [-0.4, -0.2) is 17.7 Å². The van der Waals surface area contributed by atoms with Crippen molar-refractivity contribution in [2.45, 2.75) is 6.61 Å². The number of hydrogen-bond acceptors (Lipinski definition) is 2. The van der Waals surface area contributed by atoms with Gasteiger partial charge in [-0.15, -0.1) is 0 Å². The topological polar surface area (TPSA) is 46.5 Å². The molecule has 0 spiro atoms. The number of aromatic carboxylic acids is 1. The van der Waals surface area contributed by atoms with E-state index >= 15 is 0 Å². The summed E-state index contributed by atoms with van der Waals surface area (Å²) in [5.41, 5.74) is -0.950. The van der Waals surface area contributed by atoms with Crippen molar-refractivity contribution in [3.63, 3.8) is 0 Å². The van der Waals surface area contributed by atoms with E-state index in [1.54, 1.807) is 0 Å². The van der Waals surface area contributed by atoms with Gasteiger partial charge in [-0.25, -0.2) is 13.6 Å². The maximum atomic E-state index is 12.9. The minimum atomic E-state index is -3.31. The van der Waals surface area contributed by atoms with Crippen LogP contribution in [0.25, 0.3) is 0 Å². The minimum absolute atomic E-state index is 0.255. The summed E-state index contributed by atoms with van der Waals surface area (Å²) in [4.78, 5) is 10.3. The number of alkyl halides is 2. The molecule has 1 aromatic carbocycles. The maximum absolute atomic E-state index is 12.9. The molecule has 0 heterocycles. The van der Waals surface area contributed by atoms with Gasteiger partial charge < -0.3 is 9.84 Å². The van der Waals surface area contributed by atoms with Gasteiger partial charge >= 0.3 is 12.6 Å². The van der Waals surface area contributed by atoms with E-state index in [0.717, 1.165) is 0 Å². The first-order valence-electron chi connectivity index (χ1n) is 3.59. The lowest BCUT2D eigenvalue weighted by Crippen LogP contribution is -2.07. The second-order valence-electron chi connectivity index (χ2n) is 2.45. The average molecular weight is 224 g/mol. The van der Waals surface area contributed by atoms with E-state index in [0.29, 0.717) is 0 Å². The van der Waals surface area contributed by atoms with Gasteiger partial charge in [0.05, 0.1) is 5.56 Å². The molecule has 0 atom stereocenters. The van der Waals surface area contributed by atoms with E-state index in [-0.39, 0.29) is 12.1 Å². The van der Waals surface area contributed by atoms with Crippen LogP contribution in [0.4, 0.5) is 17.6 Å². The van der Waals surface area contributed by atoms with Gasteiger partial charge in [-0.2, -0.15) is 8.78 Å². The van der Waals surface area contributed by atoms with Crippen LogP contribution >= 0.6 is 0 Å². The van der Waals surface area contributed by atoms with Gasteiger partial charge in [-0.1, -0.05) is 0 Å². The fourth-order valence-corrected chi connectivity index (χ4v) is 0.879. The van der Waals surface area contributed by atoms with Crippen molar-refractivity contribution in [1.82, 2.24) is 0 Å². The third-order valence-electron chi connectivity index (χ3n) is 1.47. The molecule has 1 aromatic rings. The number of carboxylic acids is 1. The van der Waals surface area contributed by atoms with Gasteiger partial charge in [-0.3, -0.25) is 0 Å². The Morgan fingerprint density at radius 2 is 1.87 bits per heavy atom. The van der Waals surface area contributed by atoms with Crippen molar-refractivity contribution < 1.29 is 32.2 Å². The van der Waals surface area contributed by atoms with Gasteiger partial charge in [0.1, 0.15) is 5.82 Å². The zero-order valence-electron chi connectivity index (χ0n) is 7.01. The van der Waals surface area contributed by atoms with Crippen molar-refractivity contribution in [1.29, 1.82) is 0 Å². The first-order chi connectivity index (χ1) is 6.91. The molecule has 7 heteroatoms. The Bertz CT molecular complexity index is 392. The lowest BCUT2D eigenvalue weighted by molar-refractivity contribution is -0.0523. The monoisotopic (exact) mass is 224 g/mol. The highest BCUT2D eigenvalue weighted by Gasteiger charge is 2.17. The molecule has 1 rings (SSSR count). The van der Waals surface area contributed by atoms with E-state index in [4.69, 9.17) is 5.11 Å². The third-order valence-corrected chi connectivity index (χ3v) is 1.47. The number of ether oxygens (including phenoxy) is 1. The van der Waals surface area contributed by atoms with E-state index < -0.39 is 35.5 Å². The summed E-state index contributed by atoms with van der Waals surface area (Å²) in [5.74, 6) is -5.45. The molecule has 0 aliphatic heterocycles. The lowest BCUT2D eigenvalue weighted by Gasteiger charge is -2.06. The molecule has 3 nitrogen and oxygen atoms in total. The number of hydrogen-bond donors (Lipinski definition) is 1. The van der Waals surface area contributed by atoms with Crippen molar-refractivity contribution in [3.8, 4) is 5.75 Å². The van der Waals surface area contributed by atoms with Crippen molar-refractivity contribution >= 4 is 5.97 Å². The maximum Gasteiger partial charge on any atom is 0.387 e. The van der Waals surface area contributed by atoms with Crippen LogP contribution in [0.1, 0.15) is 10.4 Å². The molecule has 0 saturated carbocycles. The second-order valence-corrected chi connectivity index (χ2v) is 2.45. The van der Waals surface area contributed by atoms with E-state index in [2.05, 4.69) is 4.74 Å². The zero-order valence-corrected chi connectivity index (χ0v) is 7.01. The molecule has 0 radical (unpaired) electrons.